The molecule has 4 N–H and O–H groups in total. The maximum atomic E-state index is 14.3. The Kier molecular flexibility index (Phi) is 10.5. The molecule has 0 spiro atoms. The highest BCUT2D eigenvalue weighted by Gasteiger charge is 2.62. The number of thiophene rings is 1. The first-order valence-corrected chi connectivity index (χ1v) is 20.1. The third-order valence-electron chi connectivity index (χ3n) is 9.65. The molecule has 276 valence electrons. The van der Waals surface area contributed by atoms with Crippen LogP contribution in [0.25, 0.3) is 10.1 Å². The number of amides is 5. The Morgan fingerprint density at radius 2 is 1.80 bits per heavy atom. The minimum Gasteiger partial charge on any atom is -0.444 e. The molecule has 1 aromatic carbocycles. The molecule has 0 radical (unpaired) electrons. The molecule has 2 aromatic rings. The van der Waals surface area contributed by atoms with Gasteiger partial charge in [-0.2, -0.15) is 0 Å². The van der Waals surface area contributed by atoms with E-state index in [1.165, 1.54) is 16.2 Å². The normalized spacial score (nSPS) is 28.0. The summed E-state index contributed by atoms with van der Waals surface area (Å²) >= 11 is 7.82. The summed E-state index contributed by atoms with van der Waals surface area (Å²) in [6, 6.07) is 4.48. The van der Waals surface area contributed by atoms with Gasteiger partial charge < -0.3 is 25.6 Å². The van der Waals surface area contributed by atoms with Crippen molar-refractivity contribution in [2.24, 2.45) is 5.92 Å². The first-order chi connectivity index (χ1) is 24.1. The van der Waals surface area contributed by atoms with E-state index in [1.54, 1.807) is 20.8 Å². The Labute approximate surface area is 306 Å². The number of benzene rings is 1. The number of carbonyl (C=O) groups excluding carboxylic acids is 5. The van der Waals surface area contributed by atoms with Crippen LogP contribution in [-0.4, -0.2) is 84.1 Å². The number of alkyl carbamates (subject to hydrolysis) is 1. The molecule has 2 aliphatic heterocycles. The molecule has 4 aliphatic rings. The van der Waals surface area contributed by atoms with Crippen LogP contribution in [0.3, 0.4) is 0 Å². The van der Waals surface area contributed by atoms with Gasteiger partial charge in [0, 0.05) is 28.6 Å². The Morgan fingerprint density at radius 3 is 2.51 bits per heavy atom. The highest BCUT2D eigenvalue weighted by Crippen LogP contribution is 2.46. The van der Waals surface area contributed by atoms with E-state index < -0.39 is 80.2 Å². The van der Waals surface area contributed by atoms with Crippen LogP contribution < -0.4 is 20.7 Å². The van der Waals surface area contributed by atoms with Crippen molar-refractivity contribution in [3.63, 3.8) is 0 Å². The summed E-state index contributed by atoms with van der Waals surface area (Å²) in [5.41, 5.74) is -2.34. The highest BCUT2D eigenvalue weighted by molar-refractivity contribution is 7.91. The van der Waals surface area contributed by atoms with E-state index in [-0.39, 0.29) is 25.8 Å². The molecular weight excluding hydrogens is 718 g/mol. The van der Waals surface area contributed by atoms with Crippen LogP contribution in [0.4, 0.5) is 4.79 Å². The fourth-order valence-electron chi connectivity index (χ4n) is 6.77. The van der Waals surface area contributed by atoms with Gasteiger partial charge in [0.1, 0.15) is 28.1 Å². The van der Waals surface area contributed by atoms with Crippen molar-refractivity contribution in [2.75, 3.05) is 6.54 Å². The number of ether oxygens (including phenoxy) is 1. The summed E-state index contributed by atoms with van der Waals surface area (Å²) in [5.74, 6) is -2.92. The Bertz CT molecular complexity index is 1870. The van der Waals surface area contributed by atoms with Crippen molar-refractivity contribution in [3.8, 4) is 0 Å². The summed E-state index contributed by atoms with van der Waals surface area (Å²) in [6.07, 6.45) is 7.19. The zero-order valence-electron chi connectivity index (χ0n) is 28.8. The number of allylic oxidation sites excluding steroid dienone is 1. The maximum Gasteiger partial charge on any atom is 0.408 e. The standard InChI is InChI=1S/C35H44ClN5O8S2/c1-34(2,3)49-33(46)38-24-13-8-6-4-5-7-11-20-18-35(20,32(45)40-51(47,48)22-15-16-22)39-29(42)25-17-21(19-41(25)31(24)44)37-30(43)28-27(36)23-12-9-10-14-26(23)50-28/h7,9-12,14,20-22,24-25H,4-6,8,13,15-19H2,1-3H3,(H,37,43)(H,38,46)(H,39,42)(H,40,45)/b11-7-/t20-,21-,24+,25+,35-/m1/s1. The van der Waals surface area contributed by atoms with Gasteiger partial charge >= 0.3 is 6.09 Å². The second-order valence-electron chi connectivity index (χ2n) is 14.9. The molecule has 16 heteroatoms. The van der Waals surface area contributed by atoms with Gasteiger partial charge in [0.15, 0.2) is 0 Å². The van der Waals surface area contributed by atoms with Crippen molar-refractivity contribution in [1.82, 2.24) is 25.6 Å². The topological polar surface area (TPSA) is 180 Å². The van der Waals surface area contributed by atoms with Gasteiger partial charge in [0.25, 0.3) is 11.8 Å². The van der Waals surface area contributed by atoms with Gasteiger partial charge in [-0.3, -0.25) is 23.9 Å². The van der Waals surface area contributed by atoms with Crippen LogP contribution in [0.1, 0.15) is 88.2 Å². The van der Waals surface area contributed by atoms with E-state index in [4.69, 9.17) is 16.3 Å². The Balaban J connectivity index is 1.28. The molecule has 6 rings (SSSR count). The largest absolute Gasteiger partial charge is 0.444 e. The lowest BCUT2D eigenvalue weighted by molar-refractivity contribution is -0.141. The fraction of sp³-hybridized carbons (Fsp3) is 0.571. The van der Waals surface area contributed by atoms with Gasteiger partial charge in [-0.05, 0) is 71.8 Å². The molecule has 5 amide bonds. The number of rotatable bonds is 6. The molecule has 0 bridgehead atoms. The molecule has 3 fully saturated rings. The molecule has 13 nitrogen and oxygen atoms in total. The van der Waals surface area contributed by atoms with Crippen molar-refractivity contribution in [1.29, 1.82) is 0 Å². The van der Waals surface area contributed by atoms with Crippen molar-refractivity contribution in [2.45, 2.75) is 113 Å². The number of sulfonamides is 1. The Hall–Kier alpha value is -3.69. The van der Waals surface area contributed by atoms with E-state index in [2.05, 4.69) is 20.7 Å². The number of halogens is 1. The van der Waals surface area contributed by atoms with Crippen LogP contribution in [0.15, 0.2) is 36.4 Å². The average molecular weight is 762 g/mol. The maximum absolute atomic E-state index is 14.3. The molecule has 51 heavy (non-hydrogen) atoms. The molecule has 5 atom stereocenters. The minimum atomic E-state index is -3.90. The first kappa shape index (κ1) is 37.1. The quantitative estimate of drug-likeness (QED) is 0.317. The first-order valence-electron chi connectivity index (χ1n) is 17.4. The van der Waals surface area contributed by atoms with Gasteiger partial charge in [-0.1, -0.05) is 54.8 Å². The molecule has 0 unspecified atom stereocenters. The van der Waals surface area contributed by atoms with Gasteiger partial charge in [-0.25, -0.2) is 13.2 Å². The van der Waals surface area contributed by atoms with Crippen LogP contribution in [0.5, 0.6) is 0 Å². The summed E-state index contributed by atoms with van der Waals surface area (Å²) in [7, 11) is -3.90. The van der Waals surface area contributed by atoms with E-state index in [9.17, 15) is 32.4 Å². The molecule has 1 saturated heterocycles. The predicted octanol–water partition coefficient (Wildman–Crippen LogP) is 4.15. The second kappa shape index (κ2) is 14.4. The van der Waals surface area contributed by atoms with Gasteiger partial charge in [0.2, 0.25) is 21.8 Å². The third kappa shape index (κ3) is 8.36. The van der Waals surface area contributed by atoms with Crippen LogP contribution in [0.2, 0.25) is 5.02 Å². The minimum absolute atomic E-state index is 0.00353. The van der Waals surface area contributed by atoms with Crippen LogP contribution in [0, 0.1) is 5.92 Å². The van der Waals surface area contributed by atoms with Gasteiger partial charge in [0.05, 0.1) is 10.3 Å². The SMILES string of the molecule is CC(C)(C)OC(=O)N[C@H]1CCCCC/C=C\[C@@H]2C[C@@]2(C(=O)NS(=O)(=O)C2CC2)NC(=O)[C@@H]2C[C@@H](NC(=O)c3sc4ccccc4c3Cl)CN2C1=O. The molecule has 2 saturated carbocycles. The van der Waals surface area contributed by atoms with E-state index in [1.807, 2.05) is 36.4 Å². The summed E-state index contributed by atoms with van der Waals surface area (Å²) in [6.45, 7) is 5.07. The summed E-state index contributed by atoms with van der Waals surface area (Å²) in [5, 5.41) is 8.87. The van der Waals surface area contributed by atoms with Crippen molar-refractivity contribution < 1.29 is 37.1 Å². The lowest BCUT2D eigenvalue weighted by Gasteiger charge is -2.30. The number of fused-ring (bicyclic) bond motifs is 3. The van der Waals surface area contributed by atoms with Crippen LogP contribution >= 0.6 is 22.9 Å². The summed E-state index contributed by atoms with van der Waals surface area (Å²) < 4.78 is 34.0. The number of hydrogen-bond acceptors (Lipinski definition) is 9. The highest BCUT2D eigenvalue weighted by atomic mass is 35.5. The number of nitrogens with zero attached hydrogens (tertiary/aromatic N) is 1. The lowest BCUT2D eigenvalue weighted by Crippen LogP contribution is -2.58. The van der Waals surface area contributed by atoms with Crippen LogP contribution in [-0.2, 0) is 29.1 Å². The van der Waals surface area contributed by atoms with E-state index in [0.717, 1.165) is 22.9 Å². The van der Waals surface area contributed by atoms with Crippen molar-refractivity contribution >= 4 is 72.8 Å². The van der Waals surface area contributed by atoms with Crippen molar-refractivity contribution in [3.05, 3.63) is 46.3 Å². The molecule has 1 aromatic heterocycles. The summed E-state index contributed by atoms with van der Waals surface area (Å²) in [4.78, 5) is 70.3. The monoisotopic (exact) mass is 761 g/mol. The fourth-order valence-corrected chi connectivity index (χ4v) is 9.55. The number of hydrogen-bond donors (Lipinski definition) is 4. The van der Waals surface area contributed by atoms with Gasteiger partial charge in [-0.15, -0.1) is 11.3 Å². The predicted molar refractivity (Wildman–Crippen MR) is 193 cm³/mol. The zero-order valence-corrected chi connectivity index (χ0v) is 31.2. The third-order valence-corrected chi connectivity index (χ3v) is 13.1. The average Bonchev–Trinajstić information content (AvgIpc) is 3.96. The molecular formula is C35H44ClN5O8S2. The molecule has 2 aliphatic carbocycles. The molecule has 3 heterocycles. The second-order valence-corrected chi connectivity index (χ2v) is 18.3. The lowest BCUT2D eigenvalue weighted by atomic mass is 10.0. The zero-order chi connectivity index (χ0) is 36.7. The van der Waals surface area contributed by atoms with E-state index in [0.29, 0.717) is 35.6 Å². The number of carbonyl (C=O) groups is 5. The van der Waals surface area contributed by atoms with E-state index >= 15 is 0 Å². The smallest absolute Gasteiger partial charge is 0.408 e. The number of nitrogens with one attached hydrogen (secondary N) is 4. The Morgan fingerprint density at radius 1 is 1.06 bits per heavy atom.